The minimum Gasteiger partial charge on any atom is -0.485 e. The van der Waals surface area contributed by atoms with Crippen molar-refractivity contribution in [2.45, 2.75) is 38.5 Å². The van der Waals surface area contributed by atoms with Crippen molar-refractivity contribution < 1.29 is 9.53 Å². The smallest absolute Gasteiger partial charge is 0.234 e. The molecule has 1 aromatic heterocycles. The number of carbonyl (C=O) groups is 1. The maximum atomic E-state index is 12.5. The van der Waals surface area contributed by atoms with Crippen LogP contribution in [0.4, 0.5) is 5.69 Å². The highest BCUT2D eigenvalue weighted by molar-refractivity contribution is 7.99. The number of rotatable bonds is 8. The van der Waals surface area contributed by atoms with Crippen molar-refractivity contribution in [3.63, 3.8) is 0 Å². The predicted octanol–water partition coefficient (Wildman–Crippen LogP) is 5.71. The molecule has 1 amide bonds. The summed E-state index contributed by atoms with van der Waals surface area (Å²) in [6, 6.07) is 20.2. The minimum absolute atomic E-state index is 0.0857. The van der Waals surface area contributed by atoms with Gasteiger partial charge in [0, 0.05) is 12.7 Å². The lowest BCUT2D eigenvalue weighted by Crippen LogP contribution is -2.14. The summed E-state index contributed by atoms with van der Waals surface area (Å²) in [6.45, 7) is 6.67. The number of hydrogen-bond acceptors (Lipinski definition) is 5. The van der Waals surface area contributed by atoms with Crippen LogP contribution in [0.15, 0.2) is 65.8 Å². The van der Waals surface area contributed by atoms with Crippen molar-refractivity contribution >= 4 is 34.1 Å². The second-order valence-corrected chi connectivity index (χ2v) is 9.28. The zero-order valence-corrected chi connectivity index (χ0v) is 20.1. The lowest BCUT2D eigenvalue weighted by atomic mass is 10.0. The van der Waals surface area contributed by atoms with Crippen LogP contribution in [0.3, 0.4) is 0 Å². The van der Waals surface area contributed by atoms with Crippen molar-refractivity contribution in [2.75, 3.05) is 11.1 Å². The Morgan fingerprint density at radius 2 is 1.85 bits per heavy atom. The first kappa shape index (κ1) is 22.9. The quantitative estimate of drug-likeness (QED) is 0.341. The molecule has 0 fully saturated rings. The van der Waals surface area contributed by atoms with Crippen LogP contribution in [0.2, 0.25) is 0 Å². The molecule has 0 saturated heterocycles. The van der Waals surface area contributed by atoms with Gasteiger partial charge in [0.05, 0.1) is 5.75 Å². The molecule has 170 valence electrons. The third-order valence-electron chi connectivity index (χ3n) is 5.44. The molecule has 0 spiro atoms. The lowest BCUT2D eigenvalue weighted by molar-refractivity contribution is -0.113. The van der Waals surface area contributed by atoms with Crippen LogP contribution in [-0.2, 0) is 18.4 Å². The second-order valence-electron chi connectivity index (χ2n) is 8.34. The van der Waals surface area contributed by atoms with Crippen LogP contribution in [0.5, 0.6) is 5.75 Å². The van der Waals surface area contributed by atoms with E-state index < -0.39 is 0 Å². The van der Waals surface area contributed by atoms with Crippen LogP contribution >= 0.6 is 11.8 Å². The fourth-order valence-corrected chi connectivity index (χ4v) is 4.31. The molecule has 4 rings (SSSR count). The second kappa shape index (κ2) is 10.1. The molecule has 1 N–H and O–H groups in total. The van der Waals surface area contributed by atoms with Gasteiger partial charge < -0.3 is 14.6 Å². The zero-order chi connectivity index (χ0) is 23.4. The lowest BCUT2D eigenvalue weighted by Gasteiger charge is -2.14. The molecule has 33 heavy (non-hydrogen) atoms. The molecule has 0 saturated carbocycles. The molecule has 3 aromatic carbocycles. The molecule has 1 heterocycles. The number of thioether (sulfide) groups is 1. The van der Waals surface area contributed by atoms with E-state index >= 15 is 0 Å². The molecular weight excluding hydrogens is 432 g/mol. The third kappa shape index (κ3) is 5.54. The van der Waals surface area contributed by atoms with Gasteiger partial charge in [-0.25, -0.2) is 0 Å². The number of aromatic nitrogens is 3. The largest absolute Gasteiger partial charge is 0.485 e. The number of carbonyl (C=O) groups excluding carboxylic acids is 1. The summed E-state index contributed by atoms with van der Waals surface area (Å²) in [5.41, 5.74) is 3.11. The van der Waals surface area contributed by atoms with Gasteiger partial charge in [0.15, 0.2) is 11.0 Å². The van der Waals surface area contributed by atoms with Crippen molar-refractivity contribution in [3.8, 4) is 5.75 Å². The number of fused-ring (bicyclic) bond motifs is 1. The molecule has 0 radical (unpaired) electrons. The Bertz CT molecular complexity index is 1280. The van der Waals surface area contributed by atoms with E-state index in [-0.39, 0.29) is 11.7 Å². The average Bonchev–Trinajstić information content (AvgIpc) is 3.15. The number of nitrogens with one attached hydrogen (secondary N) is 1. The molecule has 0 bridgehead atoms. The fraction of sp³-hybridized carbons (Fsp3) is 0.269. The molecule has 6 nitrogen and oxygen atoms in total. The van der Waals surface area contributed by atoms with Crippen molar-refractivity contribution in [3.05, 3.63) is 77.6 Å². The van der Waals surface area contributed by atoms with E-state index in [1.165, 1.54) is 17.3 Å². The first-order valence-corrected chi connectivity index (χ1v) is 11.9. The van der Waals surface area contributed by atoms with Gasteiger partial charge >= 0.3 is 0 Å². The van der Waals surface area contributed by atoms with Gasteiger partial charge in [-0.3, -0.25) is 4.79 Å². The Morgan fingerprint density at radius 1 is 1.06 bits per heavy atom. The maximum Gasteiger partial charge on any atom is 0.234 e. The Labute approximate surface area is 198 Å². The Kier molecular flexibility index (Phi) is 6.99. The van der Waals surface area contributed by atoms with Gasteiger partial charge in [-0.2, -0.15) is 0 Å². The van der Waals surface area contributed by atoms with Crippen molar-refractivity contribution in [1.29, 1.82) is 0 Å². The summed E-state index contributed by atoms with van der Waals surface area (Å²) in [4.78, 5) is 12.5. The van der Waals surface area contributed by atoms with E-state index in [0.717, 1.165) is 27.8 Å². The number of benzene rings is 3. The summed E-state index contributed by atoms with van der Waals surface area (Å²) in [5, 5.41) is 14.4. The van der Waals surface area contributed by atoms with Crippen LogP contribution in [0, 0.1) is 6.92 Å². The van der Waals surface area contributed by atoms with Crippen LogP contribution in [0.25, 0.3) is 10.8 Å². The molecule has 0 aliphatic rings. The molecule has 0 atom stereocenters. The normalized spacial score (nSPS) is 11.2. The summed E-state index contributed by atoms with van der Waals surface area (Å²) < 4.78 is 7.96. The van der Waals surface area contributed by atoms with Gasteiger partial charge in [-0.15, -0.1) is 10.2 Å². The van der Waals surface area contributed by atoms with E-state index in [1.807, 2.05) is 48.0 Å². The summed E-state index contributed by atoms with van der Waals surface area (Å²) in [5.74, 6) is 2.11. The Balaban J connectivity index is 1.35. The highest BCUT2D eigenvalue weighted by Gasteiger charge is 2.14. The number of hydrogen-bond donors (Lipinski definition) is 1. The topological polar surface area (TPSA) is 69.0 Å². The monoisotopic (exact) mass is 460 g/mol. The van der Waals surface area contributed by atoms with Gasteiger partial charge in [-0.05, 0) is 52.9 Å². The number of amides is 1. The summed E-state index contributed by atoms with van der Waals surface area (Å²) in [7, 11) is 1.89. The average molecular weight is 461 g/mol. The maximum absolute atomic E-state index is 12.5. The van der Waals surface area contributed by atoms with E-state index in [0.29, 0.717) is 23.5 Å². The highest BCUT2D eigenvalue weighted by atomic mass is 32.2. The van der Waals surface area contributed by atoms with Crippen molar-refractivity contribution in [2.24, 2.45) is 7.05 Å². The Hall–Kier alpha value is -3.32. The van der Waals surface area contributed by atoms with E-state index in [9.17, 15) is 4.79 Å². The van der Waals surface area contributed by atoms with Gasteiger partial charge in [-0.1, -0.05) is 68.1 Å². The van der Waals surface area contributed by atoms with Gasteiger partial charge in [0.25, 0.3) is 0 Å². The van der Waals surface area contributed by atoms with E-state index in [4.69, 9.17) is 4.74 Å². The molecule has 7 heteroatoms. The molecule has 0 unspecified atom stereocenters. The fourth-order valence-electron chi connectivity index (χ4n) is 3.58. The summed E-state index contributed by atoms with van der Waals surface area (Å²) in [6.07, 6.45) is 0. The highest BCUT2D eigenvalue weighted by Crippen LogP contribution is 2.28. The summed E-state index contributed by atoms with van der Waals surface area (Å²) >= 11 is 1.35. The van der Waals surface area contributed by atoms with Crippen LogP contribution in [-0.4, -0.2) is 26.4 Å². The van der Waals surface area contributed by atoms with Crippen LogP contribution in [0.1, 0.15) is 36.7 Å². The van der Waals surface area contributed by atoms with Crippen molar-refractivity contribution in [1.82, 2.24) is 14.8 Å². The third-order valence-corrected chi connectivity index (χ3v) is 6.46. The number of anilines is 1. The first-order chi connectivity index (χ1) is 15.9. The SMILES string of the molecule is Cc1ccc(C(C)C)c(OCc2nnc(SCC(=O)Nc3ccc4ccccc4c3)n2C)c1. The van der Waals surface area contributed by atoms with Gasteiger partial charge in [0.2, 0.25) is 5.91 Å². The zero-order valence-electron chi connectivity index (χ0n) is 19.3. The number of ether oxygens (including phenoxy) is 1. The molecule has 0 aliphatic heterocycles. The molecule has 4 aromatic rings. The minimum atomic E-state index is -0.0857. The standard InChI is InChI=1S/C26H28N4O2S/c1-17(2)22-12-9-18(3)13-23(22)32-15-24-28-29-26(30(24)4)33-16-25(31)27-21-11-10-19-7-5-6-8-20(19)14-21/h5-14,17H,15-16H2,1-4H3,(H,27,31). The number of aryl methyl sites for hydroxylation is 1. The van der Waals surface area contributed by atoms with E-state index in [1.54, 1.807) is 0 Å². The van der Waals surface area contributed by atoms with Crippen LogP contribution < -0.4 is 10.1 Å². The molecule has 0 aliphatic carbocycles. The Morgan fingerprint density at radius 3 is 2.64 bits per heavy atom. The van der Waals surface area contributed by atoms with E-state index in [2.05, 4.69) is 60.6 Å². The van der Waals surface area contributed by atoms with Gasteiger partial charge in [0.1, 0.15) is 12.4 Å². The first-order valence-electron chi connectivity index (χ1n) is 10.9. The molecular formula is C26H28N4O2S. The predicted molar refractivity (Wildman–Crippen MR) is 134 cm³/mol. The number of nitrogens with zero attached hydrogens (tertiary/aromatic N) is 3.